The molecule has 0 aliphatic carbocycles. The predicted octanol–water partition coefficient (Wildman–Crippen LogP) is 0.838. The van der Waals surface area contributed by atoms with Gasteiger partial charge in [0.25, 0.3) is 0 Å². The summed E-state index contributed by atoms with van der Waals surface area (Å²) in [5, 5.41) is 12.8. The van der Waals surface area contributed by atoms with Crippen LogP contribution in [0, 0.1) is 0 Å². The fourth-order valence-corrected chi connectivity index (χ4v) is 1.43. The van der Waals surface area contributed by atoms with E-state index in [0.717, 1.165) is 6.07 Å². The fourth-order valence-electron chi connectivity index (χ4n) is 1.43. The van der Waals surface area contributed by atoms with Crippen molar-refractivity contribution in [3.8, 4) is 0 Å². The Hall–Kier alpha value is -2.09. The van der Waals surface area contributed by atoms with Gasteiger partial charge in [0.1, 0.15) is 0 Å². The van der Waals surface area contributed by atoms with E-state index in [0.29, 0.717) is 0 Å². The Bertz CT molecular complexity index is 489. The molecule has 1 aromatic carbocycles. The van der Waals surface area contributed by atoms with Crippen molar-refractivity contribution in [2.24, 2.45) is 0 Å². The average Bonchev–Trinajstić information content (AvgIpc) is 2.34. The summed E-state index contributed by atoms with van der Waals surface area (Å²) in [6.07, 6.45) is -5.46. The summed E-state index contributed by atoms with van der Waals surface area (Å²) in [5.74, 6) is -1.98. The lowest BCUT2D eigenvalue weighted by Gasteiger charge is -2.09. The van der Waals surface area contributed by atoms with Gasteiger partial charge in [-0.3, -0.25) is 9.59 Å². The number of amides is 2. The smallest absolute Gasteiger partial charge is 0.393 e. The monoisotopic (exact) mass is 290 g/mol. The highest BCUT2D eigenvalue weighted by molar-refractivity contribution is 6.39. The Morgan fingerprint density at radius 1 is 1.20 bits per heavy atom. The third kappa shape index (κ3) is 5.70. The van der Waals surface area contributed by atoms with Crippen molar-refractivity contribution in [3.05, 3.63) is 29.8 Å². The molecule has 8 heteroatoms. The van der Waals surface area contributed by atoms with Crippen LogP contribution >= 0.6 is 0 Å². The molecular weight excluding hydrogens is 277 g/mol. The minimum atomic E-state index is -4.35. The number of rotatable bonds is 4. The number of halogens is 3. The quantitative estimate of drug-likeness (QED) is 0.719. The molecule has 5 nitrogen and oxygen atoms in total. The van der Waals surface area contributed by atoms with Gasteiger partial charge in [-0.1, -0.05) is 12.1 Å². The molecule has 0 spiro atoms. The van der Waals surface area contributed by atoms with Crippen LogP contribution < -0.4 is 10.6 Å². The normalized spacial score (nSPS) is 11.0. The van der Waals surface area contributed by atoms with Crippen LogP contribution in [0.3, 0.4) is 0 Å². The van der Waals surface area contributed by atoms with Crippen molar-refractivity contribution in [1.29, 1.82) is 0 Å². The lowest BCUT2D eigenvalue weighted by Crippen LogP contribution is -2.36. The molecule has 0 heterocycles. The largest absolute Gasteiger partial charge is 0.395 e. The number of benzene rings is 1. The first-order valence-corrected chi connectivity index (χ1v) is 5.67. The molecule has 0 aliphatic heterocycles. The van der Waals surface area contributed by atoms with E-state index in [-0.39, 0.29) is 24.4 Å². The van der Waals surface area contributed by atoms with E-state index in [1.807, 2.05) is 0 Å². The molecule has 0 saturated carbocycles. The zero-order chi connectivity index (χ0) is 15.2. The molecule has 1 aromatic rings. The van der Waals surface area contributed by atoms with Gasteiger partial charge in [-0.25, -0.2) is 0 Å². The number of nitrogens with one attached hydrogen (secondary N) is 2. The van der Waals surface area contributed by atoms with Gasteiger partial charge in [0.05, 0.1) is 13.0 Å². The summed E-state index contributed by atoms with van der Waals surface area (Å²) in [4.78, 5) is 22.6. The van der Waals surface area contributed by atoms with Gasteiger partial charge in [-0.15, -0.1) is 0 Å². The van der Waals surface area contributed by atoms with Gasteiger partial charge in [-0.2, -0.15) is 13.2 Å². The van der Waals surface area contributed by atoms with Crippen LogP contribution in [0.2, 0.25) is 0 Å². The van der Waals surface area contributed by atoms with Gasteiger partial charge in [-0.05, 0) is 17.7 Å². The lowest BCUT2D eigenvalue weighted by molar-refractivity contribution is -0.136. The molecule has 0 aromatic heterocycles. The summed E-state index contributed by atoms with van der Waals surface area (Å²) in [6, 6.07) is 5.14. The van der Waals surface area contributed by atoms with Gasteiger partial charge in [0.2, 0.25) is 0 Å². The second-order valence-electron chi connectivity index (χ2n) is 3.93. The van der Waals surface area contributed by atoms with Crippen LogP contribution in [0.1, 0.15) is 5.56 Å². The Morgan fingerprint density at radius 3 is 2.50 bits per heavy atom. The van der Waals surface area contributed by atoms with Crippen LogP contribution in [0.25, 0.3) is 0 Å². The van der Waals surface area contributed by atoms with E-state index in [4.69, 9.17) is 5.11 Å². The molecule has 0 fully saturated rings. The lowest BCUT2D eigenvalue weighted by atomic mass is 10.1. The first-order valence-electron chi connectivity index (χ1n) is 5.67. The summed E-state index contributed by atoms with van der Waals surface area (Å²) < 4.78 is 36.7. The van der Waals surface area contributed by atoms with Crippen LogP contribution in [-0.2, 0) is 16.0 Å². The Morgan fingerprint density at radius 2 is 1.90 bits per heavy atom. The number of aliphatic hydroxyl groups is 1. The van der Waals surface area contributed by atoms with E-state index in [9.17, 15) is 22.8 Å². The van der Waals surface area contributed by atoms with Crippen molar-refractivity contribution in [3.63, 3.8) is 0 Å². The molecule has 0 aliphatic rings. The van der Waals surface area contributed by atoms with Crippen LogP contribution in [0.5, 0.6) is 0 Å². The van der Waals surface area contributed by atoms with Gasteiger partial charge in [0, 0.05) is 12.2 Å². The second-order valence-corrected chi connectivity index (χ2v) is 3.93. The molecule has 0 atom stereocenters. The zero-order valence-electron chi connectivity index (χ0n) is 10.3. The molecule has 110 valence electrons. The molecule has 20 heavy (non-hydrogen) atoms. The fraction of sp³-hybridized carbons (Fsp3) is 0.333. The number of hydrogen-bond acceptors (Lipinski definition) is 3. The predicted molar refractivity (Wildman–Crippen MR) is 64.9 cm³/mol. The van der Waals surface area contributed by atoms with Crippen molar-refractivity contribution in [2.75, 3.05) is 18.5 Å². The first kappa shape index (κ1) is 16.0. The van der Waals surface area contributed by atoms with Crippen molar-refractivity contribution in [2.45, 2.75) is 12.6 Å². The topological polar surface area (TPSA) is 78.4 Å². The molecule has 1 rings (SSSR count). The number of carbonyl (C=O) groups is 2. The summed E-state index contributed by atoms with van der Waals surface area (Å²) >= 11 is 0. The standard InChI is InChI=1S/C12H13F3N2O3/c13-12(14,15)7-8-2-1-3-9(6-8)17-11(20)10(19)16-4-5-18/h1-3,6,18H,4-5,7H2,(H,16,19)(H,17,20). The Balaban J connectivity index is 2.66. The SMILES string of the molecule is O=C(NCCO)C(=O)Nc1cccc(CC(F)(F)F)c1. The highest BCUT2D eigenvalue weighted by atomic mass is 19.4. The van der Waals surface area contributed by atoms with E-state index >= 15 is 0 Å². The molecular formula is C12H13F3N2O3. The number of anilines is 1. The molecule has 2 amide bonds. The number of aliphatic hydroxyl groups excluding tert-OH is 1. The van der Waals surface area contributed by atoms with E-state index in [1.54, 1.807) is 0 Å². The maximum atomic E-state index is 12.2. The highest BCUT2D eigenvalue weighted by Gasteiger charge is 2.27. The maximum Gasteiger partial charge on any atom is 0.393 e. The van der Waals surface area contributed by atoms with E-state index < -0.39 is 24.4 Å². The van der Waals surface area contributed by atoms with E-state index in [1.165, 1.54) is 18.2 Å². The third-order valence-corrected chi connectivity index (χ3v) is 2.19. The van der Waals surface area contributed by atoms with Crippen molar-refractivity contribution in [1.82, 2.24) is 5.32 Å². The van der Waals surface area contributed by atoms with Gasteiger partial charge < -0.3 is 15.7 Å². The van der Waals surface area contributed by atoms with Crippen LogP contribution in [0.4, 0.5) is 18.9 Å². The number of hydrogen-bond donors (Lipinski definition) is 3. The molecule has 3 N–H and O–H groups in total. The molecule has 0 radical (unpaired) electrons. The summed E-state index contributed by atoms with van der Waals surface area (Å²) in [5.41, 5.74) is 0.0713. The van der Waals surface area contributed by atoms with Crippen LogP contribution in [0.15, 0.2) is 24.3 Å². The first-order chi connectivity index (χ1) is 9.31. The van der Waals surface area contributed by atoms with Crippen molar-refractivity contribution >= 4 is 17.5 Å². The third-order valence-electron chi connectivity index (χ3n) is 2.19. The second kappa shape index (κ2) is 6.90. The molecule has 0 saturated heterocycles. The minimum absolute atomic E-state index is 0.0222. The van der Waals surface area contributed by atoms with Crippen molar-refractivity contribution < 1.29 is 27.9 Å². The average molecular weight is 290 g/mol. The Kier molecular flexibility index (Phi) is 5.51. The maximum absolute atomic E-state index is 12.2. The molecule has 0 bridgehead atoms. The summed E-state index contributed by atoms with van der Waals surface area (Å²) in [7, 11) is 0. The Labute approximate surface area is 112 Å². The van der Waals surface area contributed by atoms with Gasteiger partial charge in [0.15, 0.2) is 0 Å². The highest BCUT2D eigenvalue weighted by Crippen LogP contribution is 2.22. The summed E-state index contributed by atoms with van der Waals surface area (Å²) in [6.45, 7) is -0.402. The van der Waals surface area contributed by atoms with E-state index in [2.05, 4.69) is 10.6 Å². The number of alkyl halides is 3. The van der Waals surface area contributed by atoms with Gasteiger partial charge >= 0.3 is 18.0 Å². The zero-order valence-corrected chi connectivity index (χ0v) is 10.3. The number of carbonyl (C=O) groups excluding carboxylic acids is 2. The molecule has 0 unspecified atom stereocenters. The minimum Gasteiger partial charge on any atom is -0.395 e. The van der Waals surface area contributed by atoms with Crippen LogP contribution in [-0.4, -0.2) is 36.2 Å².